The van der Waals surface area contributed by atoms with Gasteiger partial charge in [0, 0.05) is 37.1 Å². The maximum absolute atomic E-state index is 5.85. The van der Waals surface area contributed by atoms with Crippen molar-refractivity contribution in [1.82, 2.24) is 10.3 Å². The summed E-state index contributed by atoms with van der Waals surface area (Å²) in [6.45, 7) is 1.64. The molecule has 1 unspecified atom stereocenters. The first-order chi connectivity index (χ1) is 7.31. The van der Waals surface area contributed by atoms with Crippen molar-refractivity contribution in [1.29, 1.82) is 0 Å². The lowest BCUT2D eigenvalue weighted by atomic mass is 10.0. The summed E-state index contributed by atoms with van der Waals surface area (Å²) >= 11 is 0. The summed E-state index contributed by atoms with van der Waals surface area (Å²) in [5.41, 5.74) is 8.02. The highest BCUT2D eigenvalue weighted by Crippen LogP contribution is 2.25. The second-order valence-corrected chi connectivity index (χ2v) is 3.56. The van der Waals surface area contributed by atoms with E-state index in [1.54, 1.807) is 13.3 Å². The molecule has 4 nitrogen and oxygen atoms in total. The van der Waals surface area contributed by atoms with Crippen LogP contribution in [0.1, 0.15) is 5.56 Å². The molecule has 0 saturated carbocycles. The predicted molar refractivity (Wildman–Crippen MR) is 59.6 cm³/mol. The molecule has 1 aromatic heterocycles. The summed E-state index contributed by atoms with van der Waals surface area (Å²) in [5, 5.41) is 3.26. The number of aromatic nitrogens is 1. The SMILES string of the molecule is COc1ccncc1C1=CC(N)CNC1. The van der Waals surface area contributed by atoms with Gasteiger partial charge < -0.3 is 15.8 Å². The number of nitrogens with zero attached hydrogens (tertiary/aromatic N) is 1. The van der Waals surface area contributed by atoms with Crippen LogP contribution in [0, 0.1) is 0 Å². The van der Waals surface area contributed by atoms with Crippen LogP contribution in [0.25, 0.3) is 5.57 Å². The van der Waals surface area contributed by atoms with E-state index in [0.717, 1.165) is 30.0 Å². The Morgan fingerprint density at radius 1 is 1.60 bits per heavy atom. The van der Waals surface area contributed by atoms with Crippen molar-refractivity contribution < 1.29 is 4.74 Å². The van der Waals surface area contributed by atoms with Crippen molar-refractivity contribution in [2.75, 3.05) is 20.2 Å². The average molecular weight is 205 g/mol. The molecule has 15 heavy (non-hydrogen) atoms. The van der Waals surface area contributed by atoms with Crippen molar-refractivity contribution in [2.45, 2.75) is 6.04 Å². The predicted octanol–water partition coefficient (Wildman–Crippen LogP) is 0.404. The van der Waals surface area contributed by atoms with Gasteiger partial charge in [-0.15, -0.1) is 0 Å². The van der Waals surface area contributed by atoms with Gasteiger partial charge in [0.05, 0.1) is 7.11 Å². The maximum atomic E-state index is 5.85. The molecule has 0 spiro atoms. The van der Waals surface area contributed by atoms with E-state index < -0.39 is 0 Å². The van der Waals surface area contributed by atoms with Crippen LogP contribution in [0.3, 0.4) is 0 Å². The highest BCUT2D eigenvalue weighted by atomic mass is 16.5. The number of methoxy groups -OCH3 is 1. The molecule has 0 fully saturated rings. The van der Waals surface area contributed by atoms with Crippen LogP contribution in [0.5, 0.6) is 5.75 Å². The van der Waals surface area contributed by atoms with Crippen molar-refractivity contribution >= 4 is 5.57 Å². The fourth-order valence-electron chi connectivity index (χ4n) is 1.74. The molecule has 2 rings (SSSR count). The van der Waals surface area contributed by atoms with Gasteiger partial charge in [-0.25, -0.2) is 0 Å². The Kier molecular flexibility index (Phi) is 2.99. The molecule has 1 aromatic rings. The van der Waals surface area contributed by atoms with Gasteiger partial charge in [-0.3, -0.25) is 4.98 Å². The molecule has 1 atom stereocenters. The third kappa shape index (κ3) is 2.16. The van der Waals surface area contributed by atoms with Gasteiger partial charge in [-0.2, -0.15) is 0 Å². The van der Waals surface area contributed by atoms with Crippen molar-refractivity contribution in [3.05, 3.63) is 30.1 Å². The highest BCUT2D eigenvalue weighted by molar-refractivity contribution is 5.72. The summed E-state index contributed by atoms with van der Waals surface area (Å²) in [6.07, 6.45) is 5.60. The summed E-state index contributed by atoms with van der Waals surface area (Å²) in [5.74, 6) is 0.840. The van der Waals surface area contributed by atoms with E-state index in [1.807, 2.05) is 12.3 Å². The molecular formula is C11H15N3O. The third-order valence-corrected chi connectivity index (χ3v) is 2.46. The Hall–Kier alpha value is -1.39. The summed E-state index contributed by atoms with van der Waals surface area (Å²) in [4.78, 5) is 4.10. The minimum Gasteiger partial charge on any atom is -0.496 e. The molecule has 0 bridgehead atoms. The monoisotopic (exact) mass is 205 g/mol. The molecule has 3 N–H and O–H groups in total. The smallest absolute Gasteiger partial charge is 0.129 e. The average Bonchev–Trinajstić information content (AvgIpc) is 2.29. The topological polar surface area (TPSA) is 60.2 Å². The Morgan fingerprint density at radius 3 is 3.20 bits per heavy atom. The highest BCUT2D eigenvalue weighted by Gasteiger charge is 2.13. The zero-order chi connectivity index (χ0) is 10.7. The first kappa shape index (κ1) is 10.1. The Bertz CT molecular complexity index is 376. The molecular weight excluding hydrogens is 190 g/mol. The second kappa shape index (κ2) is 4.42. The third-order valence-electron chi connectivity index (χ3n) is 2.46. The van der Waals surface area contributed by atoms with Crippen molar-refractivity contribution in [3.8, 4) is 5.75 Å². The lowest BCUT2D eigenvalue weighted by Gasteiger charge is -2.20. The molecule has 0 saturated heterocycles. The molecule has 2 heterocycles. The molecule has 0 aliphatic carbocycles. The van der Waals surface area contributed by atoms with Gasteiger partial charge in [-0.05, 0) is 11.6 Å². The van der Waals surface area contributed by atoms with Gasteiger partial charge in [0.1, 0.15) is 5.75 Å². The normalized spacial score (nSPS) is 20.9. The number of hydrogen-bond acceptors (Lipinski definition) is 4. The summed E-state index contributed by atoms with van der Waals surface area (Å²) in [6, 6.07) is 1.93. The van der Waals surface area contributed by atoms with E-state index in [2.05, 4.69) is 16.4 Å². The lowest BCUT2D eigenvalue weighted by Crippen LogP contribution is -2.37. The standard InChI is InChI=1S/C11H15N3O/c1-15-11-2-3-13-7-10(11)8-4-9(12)6-14-5-8/h2-4,7,9,14H,5-6,12H2,1H3. The molecule has 4 heteroatoms. The minimum atomic E-state index is 0.0682. The summed E-state index contributed by atoms with van der Waals surface area (Å²) < 4.78 is 5.28. The van der Waals surface area contributed by atoms with E-state index in [4.69, 9.17) is 10.5 Å². The van der Waals surface area contributed by atoms with Crippen LogP contribution in [0.15, 0.2) is 24.5 Å². The number of pyridine rings is 1. The second-order valence-electron chi connectivity index (χ2n) is 3.56. The maximum Gasteiger partial charge on any atom is 0.129 e. The van der Waals surface area contributed by atoms with Gasteiger partial charge in [-0.1, -0.05) is 6.08 Å². The fraction of sp³-hybridized carbons (Fsp3) is 0.364. The Morgan fingerprint density at radius 2 is 2.47 bits per heavy atom. The van der Waals surface area contributed by atoms with Gasteiger partial charge in [0.2, 0.25) is 0 Å². The van der Waals surface area contributed by atoms with Crippen LogP contribution < -0.4 is 15.8 Å². The van der Waals surface area contributed by atoms with Crippen LogP contribution in [0.4, 0.5) is 0 Å². The molecule has 80 valence electrons. The molecule has 0 aromatic carbocycles. The van der Waals surface area contributed by atoms with Crippen LogP contribution in [-0.4, -0.2) is 31.2 Å². The number of rotatable bonds is 2. The van der Waals surface area contributed by atoms with Gasteiger partial charge in [0.25, 0.3) is 0 Å². The molecule has 1 aliphatic heterocycles. The van der Waals surface area contributed by atoms with Gasteiger partial charge in [0.15, 0.2) is 0 Å². The number of nitrogens with two attached hydrogens (primary N) is 1. The van der Waals surface area contributed by atoms with E-state index in [9.17, 15) is 0 Å². The lowest BCUT2D eigenvalue weighted by molar-refractivity contribution is 0.412. The largest absolute Gasteiger partial charge is 0.496 e. The van der Waals surface area contributed by atoms with E-state index in [1.165, 1.54) is 0 Å². The number of nitrogens with one attached hydrogen (secondary N) is 1. The minimum absolute atomic E-state index is 0.0682. The van der Waals surface area contributed by atoms with Crippen LogP contribution in [0.2, 0.25) is 0 Å². The summed E-state index contributed by atoms with van der Waals surface area (Å²) in [7, 11) is 1.66. The zero-order valence-electron chi connectivity index (χ0n) is 8.73. The van der Waals surface area contributed by atoms with E-state index in [0.29, 0.717) is 0 Å². The molecule has 1 aliphatic rings. The van der Waals surface area contributed by atoms with Gasteiger partial charge >= 0.3 is 0 Å². The van der Waals surface area contributed by atoms with Crippen molar-refractivity contribution in [3.63, 3.8) is 0 Å². The number of ether oxygens (including phenoxy) is 1. The van der Waals surface area contributed by atoms with E-state index >= 15 is 0 Å². The van der Waals surface area contributed by atoms with E-state index in [-0.39, 0.29) is 6.04 Å². The van der Waals surface area contributed by atoms with Crippen molar-refractivity contribution in [2.24, 2.45) is 5.73 Å². The molecule has 0 radical (unpaired) electrons. The quantitative estimate of drug-likeness (QED) is 0.734. The fourth-order valence-corrected chi connectivity index (χ4v) is 1.74. The Labute approximate surface area is 89.1 Å². The molecule has 0 amide bonds. The van der Waals surface area contributed by atoms with Crippen LogP contribution in [-0.2, 0) is 0 Å². The van der Waals surface area contributed by atoms with Crippen LogP contribution >= 0.6 is 0 Å². The number of hydrogen-bond donors (Lipinski definition) is 2. The first-order valence-corrected chi connectivity index (χ1v) is 4.96. The first-order valence-electron chi connectivity index (χ1n) is 4.96. The zero-order valence-corrected chi connectivity index (χ0v) is 8.73. The Balaban J connectivity index is 2.36.